The Labute approximate surface area is 119 Å². The molecule has 0 spiro atoms. The lowest BCUT2D eigenvalue weighted by atomic mass is 10.1. The Morgan fingerprint density at radius 1 is 1.35 bits per heavy atom. The zero-order valence-electron chi connectivity index (χ0n) is 12.0. The number of carbonyl (C=O) groups excluding carboxylic acids is 1. The lowest BCUT2D eigenvalue weighted by Crippen LogP contribution is -2.39. The second-order valence-corrected chi connectivity index (χ2v) is 4.74. The largest absolute Gasteiger partial charge is 0.491 e. The highest BCUT2D eigenvalue weighted by Gasteiger charge is 2.09. The molecule has 5 nitrogen and oxygen atoms in total. The number of nitrogens with one attached hydrogen (secondary N) is 1. The molecular weight excluding hydrogens is 258 g/mol. The van der Waals surface area contributed by atoms with E-state index in [0.717, 1.165) is 6.42 Å². The van der Waals surface area contributed by atoms with Crippen molar-refractivity contribution in [2.45, 2.75) is 32.4 Å². The fourth-order valence-corrected chi connectivity index (χ4v) is 1.68. The molecule has 2 atom stereocenters. The van der Waals surface area contributed by atoms with Gasteiger partial charge in [-0.2, -0.15) is 0 Å². The molecule has 0 saturated heterocycles. The molecule has 5 heteroatoms. The molecule has 0 aliphatic carbocycles. The quantitative estimate of drug-likeness (QED) is 0.588. The van der Waals surface area contributed by atoms with Gasteiger partial charge < -0.3 is 20.3 Å². The van der Waals surface area contributed by atoms with E-state index in [1.165, 1.54) is 6.92 Å². The molecule has 0 bridgehead atoms. The van der Waals surface area contributed by atoms with Gasteiger partial charge in [-0.1, -0.05) is 6.92 Å². The van der Waals surface area contributed by atoms with E-state index in [-0.39, 0.29) is 25.0 Å². The van der Waals surface area contributed by atoms with Crippen LogP contribution in [-0.2, 0) is 0 Å². The molecule has 0 amide bonds. The van der Waals surface area contributed by atoms with Gasteiger partial charge in [0.05, 0.1) is 6.61 Å². The number of aliphatic hydroxyl groups excluding tert-OH is 2. The molecule has 0 aromatic heterocycles. The molecule has 1 rings (SSSR count). The topological polar surface area (TPSA) is 78.8 Å². The van der Waals surface area contributed by atoms with Crippen molar-refractivity contribution >= 4 is 5.78 Å². The van der Waals surface area contributed by atoms with Crippen LogP contribution >= 0.6 is 0 Å². The molecule has 0 fully saturated rings. The Morgan fingerprint density at radius 3 is 2.50 bits per heavy atom. The molecule has 0 radical (unpaired) electrons. The first-order chi connectivity index (χ1) is 9.56. The van der Waals surface area contributed by atoms with Gasteiger partial charge in [0.2, 0.25) is 0 Å². The van der Waals surface area contributed by atoms with Crippen molar-refractivity contribution < 1.29 is 19.7 Å². The van der Waals surface area contributed by atoms with Crippen LogP contribution in [0.5, 0.6) is 5.75 Å². The van der Waals surface area contributed by atoms with Crippen LogP contribution in [0, 0.1) is 0 Å². The van der Waals surface area contributed by atoms with E-state index in [1.807, 2.05) is 6.92 Å². The highest BCUT2D eigenvalue weighted by molar-refractivity contribution is 5.94. The Morgan fingerprint density at radius 2 is 2.00 bits per heavy atom. The number of hydrogen-bond acceptors (Lipinski definition) is 5. The summed E-state index contributed by atoms with van der Waals surface area (Å²) in [7, 11) is 0. The maximum atomic E-state index is 11.1. The van der Waals surface area contributed by atoms with Crippen LogP contribution in [0.25, 0.3) is 0 Å². The molecule has 1 aromatic carbocycles. The number of ether oxygens (including phenoxy) is 1. The fraction of sp³-hybridized carbons (Fsp3) is 0.533. The highest BCUT2D eigenvalue weighted by Crippen LogP contribution is 2.12. The SMILES string of the molecule is CC[C@@H](CO)NC[C@H](O)COc1ccc(C(C)=O)cc1. The average Bonchev–Trinajstić information content (AvgIpc) is 2.46. The van der Waals surface area contributed by atoms with Gasteiger partial charge in [0.1, 0.15) is 18.5 Å². The first-order valence-corrected chi connectivity index (χ1v) is 6.83. The van der Waals surface area contributed by atoms with Crippen LogP contribution < -0.4 is 10.1 Å². The van der Waals surface area contributed by atoms with E-state index in [9.17, 15) is 9.90 Å². The summed E-state index contributed by atoms with van der Waals surface area (Å²) in [6.07, 6.45) is 0.152. The maximum absolute atomic E-state index is 11.1. The van der Waals surface area contributed by atoms with E-state index in [0.29, 0.717) is 17.9 Å². The summed E-state index contributed by atoms with van der Waals surface area (Å²) < 4.78 is 5.44. The summed E-state index contributed by atoms with van der Waals surface area (Å²) in [6, 6.07) is 6.81. The van der Waals surface area contributed by atoms with Gasteiger partial charge in [-0.25, -0.2) is 0 Å². The predicted octanol–water partition coefficient (Wildman–Crippen LogP) is 0.989. The number of Topliss-reactive ketones (excluding diaryl/α,β-unsaturated/α-hetero) is 1. The third-order valence-corrected chi connectivity index (χ3v) is 3.06. The lowest BCUT2D eigenvalue weighted by Gasteiger charge is -2.17. The van der Waals surface area contributed by atoms with Gasteiger partial charge in [-0.3, -0.25) is 4.79 Å². The minimum absolute atomic E-state index is 0.000463. The minimum atomic E-state index is -0.650. The van der Waals surface area contributed by atoms with Gasteiger partial charge in [0, 0.05) is 18.2 Å². The highest BCUT2D eigenvalue weighted by atomic mass is 16.5. The van der Waals surface area contributed by atoms with Crippen molar-refractivity contribution in [3.05, 3.63) is 29.8 Å². The zero-order valence-corrected chi connectivity index (χ0v) is 12.0. The standard InChI is InChI=1S/C15H23NO4/c1-3-13(9-17)16-8-14(19)10-20-15-6-4-12(5-7-15)11(2)18/h4-7,13-14,16-17,19H,3,8-10H2,1-2H3/t13-,14-/m0/s1. The smallest absolute Gasteiger partial charge is 0.159 e. The molecule has 3 N–H and O–H groups in total. The maximum Gasteiger partial charge on any atom is 0.159 e. The number of rotatable bonds is 9. The first kappa shape index (κ1) is 16.6. The Kier molecular flexibility index (Phi) is 7.22. The van der Waals surface area contributed by atoms with E-state index in [1.54, 1.807) is 24.3 Å². The van der Waals surface area contributed by atoms with Crippen LogP contribution in [0.1, 0.15) is 30.6 Å². The molecule has 20 heavy (non-hydrogen) atoms. The van der Waals surface area contributed by atoms with Crippen molar-refractivity contribution in [3.8, 4) is 5.75 Å². The Balaban J connectivity index is 2.33. The second kappa shape index (κ2) is 8.68. The third-order valence-electron chi connectivity index (χ3n) is 3.06. The lowest BCUT2D eigenvalue weighted by molar-refractivity contribution is 0.0990. The fourth-order valence-electron chi connectivity index (χ4n) is 1.68. The normalized spacial score (nSPS) is 13.8. The zero-order chi connectivity index (χ0) is 15.0. The predicted molar refractivity (Wildman–Crippen MR) is 77.1 cm³/mol. The van der Waals surface area contributed by atoms with E-state index in [4.69, 9.17) is 9.84 Å². The van der Waals surface area contributed by atoms with Crippen LogP contribution in [0.3, 0.4) is 0 Å². The summed E-state index contributed by atoms with van der Waals surface area (Å²) >= 11 is 0. The van der Waals surface area contributed by atoms with Crippen LogP contribution in [0.15, 0.2) is 24.3 Å². The van der Waals surface area contributed by atoms with Crippen LogP contribution in [0.2, 0.25) is 0 Å². The van der Waals surface area contributed by atoms with Gasteiger partial charge in [-0.05, 0) is 37.6 Å². The van der Waals surface area contributed by atoms with Crippen molar-refractivity contribution in [1.82, 2.24) is 5.32 Å². The van der Waals surface area contributed by atoms with Gasteiger partial charge in [0.15, 0.2) is 5.78 Å². The van der Waals surface area contributed by atoms with E-state index < -0.39 is 6.10 Å². The van der Waals surface area contributed by atoms with Gasteiger partial charge >= 0.3 is 0 Å². The molecule has 0 heterocycles. The van der Waals surface area contributed by atoms with Gasteiger partial charge in [-0.15, -0.1) is 0 Å². The minimum Gasteiger partial charge on any atom is -0.491 e. The van der Waals surface area contributed by atoms with Crippen LogP contribution in [-0.4, -0.2) is 47.9 Å². The molecular formula is C15H23NO4. The van der Waals surface area contributed by atoms with E-state index >= 15 is 0 Å². The summed E-state index contributed by atoms with van der Waals surface area (Å²) in [5.41, 5.74) is 0.633. The van der Waals surface area contributed by atoms with Crippen LogP contribution in [0.4, 0.5) is 0 Å². The Hall–Kier alpha value is -1.43. The summed E-state index contributed by atoms with van der Waals surface area (Å²) in [5, 5.41) is 21.8. The second-order valence-electron chi connectivity index (χ2n) is 4.74. The number of aliphatic hydroxyl groups is 2. The number of hydrogen-bond donors (Lipinski definition) is 3. The number of carbonyl (C=O) groups is 1. The third kappa shape index (κ3) is 5.69. The average molecular weight is 281 g/mol. The summed E-state index contributed by atoms with van der Waals surface area (Å²) in [5.74, 6) is 0.624. The molecule has 0 aliphatic heterocycles. The van der Waals surface area contributed by atoms with Crippen molar-refractivity contribution in [2.24, 2.45) is 0 Å². The summed E-state index contributed by atoms with van der Waals surface area (Å²) in [6.45, 7) is 4.05. The monoisotopic (exact) mass is 281 g/mol. The van der Waals surface area contributed by atoms with Crippen molar-refractivity contribution in [1.29, 1.82) is 0 Å². The van der Waals surface area contributed by atoms with Gasteiger partial charge in [0.25, 0.3) is 0 Å². The van der Waals surface area contributed by atoms with Crippen molar-refractivity contribution in [2.75, 3.05) is 19.8 Å². The summed E-state index contributed by atoms with van der Waals surface area (Å²) in [4.78, 5) is 11.1. The molecule has 1 aromatic rings. The molecule has 112 valence electrons. The molecule has 0 saturated carbocycles. The van der Waals surface area contributed by atoms with E-state index in [2.05, 4.69) is 5.32 Å². The molecule has 0 unspecified atom stereocenters. The first-order valence-electron chi connectivity index (χ1n) is 6.83. The molecule has 0 aliphatic rings. The van der Waals surface area contributed by atoms with Crippen molar-refractivity contribution in [3.63, 3.8) is 0 Å². The number of ketones is 1. The number of benzene rings is 1. The Bertz CT molecular complexity index is 401.